The molecule has 0 spiro atoms. The highest BCUT2D eigenvalue weighted by Gasteiger charge is 2.11. The van der Waals surface area contributed by atoms with Gasteiger partial charge in [-0.2, -0.15) is 0 Å². The van der Waals surface area contributed by atoms with E-state index in [2.05, 4.69) is 28.1 Å². The monoisotopic (exact) mass is 304 g/mol. The summed E-state index contributed by atoms with van der Waals surface area (Å²) in [5, 5.41) is 10.2. The lowest BCUT2D eigenvalue weighted by molar-refractivity contribution is 0.167. The van der Waals surface area contributed by atoms with E-state index in [-0.39, 0.29) is 0 Å². The van der Waals surface area contributed by atoms with Gasteiger partial charge < -0.3 is 5.11 Å². The Morgan fingerprint density at radius 1 is 1.11 bits per heavy atom. The Morgan fingerprint density at radius 2 is 1.83 bits per heavy atom. The second-order valence-corrected chi connectivity index (χ2v) is 5.42. The molecule has 0 aliphatic carbocycles. The van der Waals surface area contributed by atoms with Crippen LogP contribution in [0.5, 0.6) is 0 Å². The van der Waals surface area contributed by atoms with Crippen LogP contribution in [0.3, 0.4) is 0 Å². The van der Waals surface area contributed by atoms with Crippen molar-refractivity contribution in [1.29, 1.82) is 0 Å². The smallest absolute Gasteiger partial charge is 0.0804 e. The molecule has 2 aromatic carbocycles. The second kappa shape index (κ2) is 6.17. The van der Waals surface area contributed by atoms with Crippen molar-refractivity contribution in [3.05, 3.63) is 69.7 Å². The molecule has 0 aromatic heterocycles. The number of rotatable bonds is 4. The number of hydrogen-bond donors (Lipinski definition) is 1. The summed E-state index contributed by atoms with van der Waals surface area (Å²) in [5.74, 6) is 0. The van der Waals surface area contributed by atoms with Gasteiger partial charge in [-0.15, -0.1) is 0 Å². The minimum Gasteiger partial charge on any atom is -0.388 e. The Bertz CT molecular complexity index is 508. The maximum Gasteiger partial charge on any atom is 0.0804 e. The SMILES string of the molecule is Cc1ccc(C(O)CCc2ccccc2)c(Br)c1. The van der Waals surface area contributed by atoms with Gasteiger partial charge in [-0.25, -0.2) is 0 Å². The van der Waals surface area contributed by atoms with E-state index in [4.69, 9.17) is 0 Å². The Hall–Kier alpha value is -1.12. The van der Waals surface area contributed by atoms with Gasteiger partial charge in [-0.05, 0) is 42.5 Å². The highest BCUT2D eigenvalue weighted by atomic mass is 79.9. The maximum absolute atomic E-state index is 10.2. The van der Waals surface area contributed by atoms with Crippen LogP contribution in [-0.4, -0.2) is 5.11 Å². The summed E-state index contributed by atoms with van der Waals surface area (Å²) in [6.07, 6.45) is 1.22. The lowest BCUT2D eigenvalue weighted by atomic mass is 10.0. The van der Waals surface area contributed by atoms with Crippen molar-refractivity contribution >= 4 is 15.9 Å². The largest absolute Gasteiger partial charge is 0.388 e. The first-order chi connectivity index (χ1) is 8.66. The van der Waals surface area contributed by atoms with Crippen LogP contribution in [0.1, 0.15) is 29.2 Å². The quantitative estimate of drug-likeness (QED) is 0.886. The molecule has 0 aliphatic rings. The summed E-state index contributed by atoms with van der Waals surface area (Å²) >= 11 is 3.51. The fourth-order valence-corrected chi connectivity index (χ4v) is 2.76. The van der Waals surface area contributed by atoms with E-state index in [9.17, 15) is 5.11 Å². The molecule has 1 unspecified atom stereocenters. The molecule has 0 heterocycles. The van der Waals surface area contributed by atoms with E-state index in [1.165, 1.54) is 11.1 Å². The zero-order chi connectivity index (χ0) is 13.0. The number of aliphatic hydroxyl groups excluding tert-OH is 1. The van der Waals surface area contributed by atoms with Crippen molar-refractivity contribution in [3.63, 3.8) is 0 Å². The first kappa shape index (κ1) is 13.3. The maximum atomic E-state index is 10.2. The standard InChI is InChI=1S/C16H17BrO/c1-12-7-9-14(15(17)11-12)16(18)10-8-13-5-3-2-4-6-13/h2-7,9,11,16,18H,8,10H2,1H3. The first-order valence-corrected chi connectivity index (χ1v) is 6.94. The normalized spacial score (nSPS) is 12.4. The van der Waals surface area contributed by atoms with Crippen LogP contribution in [0, 0.1) is 6.92 Å². The van der Waals surface area contributed by atoms with E-state index < -0.39 is 6.10 Å². The zero-order valence-electron chi connectivity index (χ0n) is 10.4. The molecule has 1 atom stereocenters. The Morgan fingerprint density at radius 3 is 2.50 bits per heavy atom. The van der Waals surface area contributed by atoms with Gasteiger partial charge in [-0.3, -0.25) is 0 Å². The van der Waals surface area contributed by atoms with Gasteiger partial charge in [0.05, 0.1) is 6.10 Å². The number of hydrogen-bond acceptors (Lipinski definition) is 1. The third-order valence-corrected chi connectivity index (χ3v) is 3.75. The predicted molar refractivity (Wildman–Crippen MR) is 78.6 cm³/mol. The summed E-state index contributed by atoms with van der Waals surface area (Å²) < 4.78 is 0.989. The summed E-state index contributed by atoms with van der Waals surface area (Å²) in [6.45, 7) is 2.05. The fraction of sp³-hybridized carbons (Fsp3) is 0.250. The third kappa shape index (κ3) is 3.44. The van der Waals surface area contributed by atoms with Gasteiger partial charge in [0.1, 0.15) is 0 Å². The molecule has 2 heteroatoms. The molecule has 0 fully saturated rings. The van der Waals surface area contributed by atoms with E-state index in [0.29, 0.717) is 0 Å². The van der Waals surface area contributed by atoms with Crippen molar-refractivity contribution in [2.75, 3.05) is 0 Å². The van der Waals surface area contributed by atoms with E-state index in [1.807, 2.05) is 43.3 Å². The predicted octanol–water partition coefficient (Wildman–Crippen LogP) is 4.42. The molecule has 0 saturated carbocycles. The highest BCUT2D eigenvalue weighted by molar-refractivity contribution is 9.10. The first-order valence-electron chi connectivity index (χ1n) is 6.15. The summed E-state index contributed by atoms with van der Waals surface area (Å²) in [7, 11) is 0. The molecule has 94 valence electrons. The van der Waals surface area contributed by atoms with Crippen molar-refractivity contribution in [1.82, 2.24) is 0 Å². The van der Waals surface area contributed by atoms with Crippen molar-refractivity contribution in [3.8, 4) is 0 Å². The lowest BCUT2D eigenvalue weighted by Gasteiger charge is -2.13. The second-order valence-electron chi connectivity index (χ2n) is 4.57. The number of aliphatic hydroxyl groups is 1. The number of benzene rings is 2. The molecule has 0 saturated heterocycles. The fourth-order valence-electron chi connectivity index (χ4n) is 2.01. The van der Waals surface area contributed by atoms with Gasteiger partial charge in [0.25, 0.3) is 0 Å². The van der Waals surface area contributed by atoms with E-state index in [0.717, 1.165) is 22.9 Å². The molecule has 2 rings (SSSR count). The van der Waals surface area contributed by atoms with Gasteiger partial charge in [0, 0.05) is 4.47 Å². The average molecular weight is 305 g/mol. The van der Waals surface area contributed by atoms with Crippen molar-refractivity contribution in [2.24, 2.45) is 0 Å². The van der Waals surface area contributed by atoms with Crippen LogP contribution in [-0.2, 0) is 6.42 Å². The summed E-state index contributed by atoms with van der Waals surface area (Å²) in [6, 6.07) is 16.3. The van der Waals surface area contributed by atoms with Gasteiger partial charge in [-0.1, -0.05) is 58.4 Å². The van der Waals surface area contributed by atoms with Crippen LogP contribution in [0.25, 0.3) is 0 Å². The topological polar surface area (TPSA) is 20.2 Å². The Kier molecular flexibility index (Phi) is 4.56. The molecule has 0 aliphatic heterocycles. The molecule has 0 amide bonds. The van der Waals surface area contributed by atoms with Crippen LogP contribution < -0.4 is 0 Å². The molecular weight excluding hydrogens is 288 g/mol. The molecule has 18 heavy (non-hydrogen) atoms. The van der Waals surface area contributed by atoms with Gasteiger partial charge in [0.15, 0.2) is 0 Å². The van der Waals surface area contributed by atoms with Crippen LogP contribution >= 0.6 is 15.9 Å². The molecule has 0 bridgehead atoms. The lowest BCUT2D eigenvalue weighted by Crippen LogP contribution is -2.01. The molecule has 2 aromatic rings. The zero-order valence-corrected chi connectivity index (χ0v) is 12.0. The molecule has 1 nitrogen and oxygen atoms in total. The van der Waals surface area contributed by atoms with E-state index in [1.54, 1.807) is 0 Å². The van der Waals surface area contributed by atoms with Crippen LogP contribution in [0.2, 0.25) is 0 Å². The Balaban J connectivity index is 2.01. The molecule has 1 N–H and O–H groups in total. The summed E-state index contributed by atoms with van der Waals surface area (Å²) in [4.78, 5) is 0. The van der Waals surface area contributed by atoms with Gasteiger partial charge in [0.2, 0.25) is 0 Å². The average Bonchev–Trinajstić information content (AvgIpc) is 2.37. The van der Waals surface area contributed by atoms with Crippen LogP contribution in [0.4, 0.5) is 0 Å². The number of aryl methyl sites for hydroxylation is 2. The third-order valence-electron chi connectivity index (χ3n) is 3.06. The van der Waals surface area contributed by atoms with E-state index >= 15 is 0 Å². The van der Waals surface area contributed by atoms with Crippen LogP contribution in [0.15, 0.2) is 53.0 Å². The van der Waals surface area contributed by atoms with Gasteiger partial charge >= 0.3 is 0 Å². The molecule has 0 radical (unpaired) electrons. The number of halogens is 1. The Labute approximate surface area is 117 Å². The minimum atomic E-state index is -0.416. The summed E-state index contributed by atoms with van der Waals surface area (Å²) in [5.41, 5.74) is 3.43. The highest BCUT2D eigenvalue weighted by Crippen LogP contribution is 2.27. The van der Waals surface area contributed by atoms with Crippen molar-refractivity contribution in [2.45, 2.75) is 25.9 Å². The van der Waals surface area contributed by atoms with Crippen molar-refractivity contribution < 1.29 is 5.11 Å². The molecular formula is C16H17BrO. The minimum absolute atomic E-state index is 0.416.